The van der Waals surface area contributed by atoms with Crippen molar-refractivity contribution in [3.8, 4) is 0 Å². The molecule has 1 aromatic heterocycles. The number of thiazole rings is 1. The maximum atomic E-state index is 10.9. The van der Waals surface area contributed by atoms with Gasteiger partial charge in [0.1, 0.15) is 0 Å². The maximum absolute atomic E-state index is 10.9. The molecule has 3 nitrogen and oxygen atoms in total. The van der Waals surface area contributed by atoms with Gasteiger partial charge in [-0.3, -0.25) is 4.79 Å². The molecule has 1 aromatic carbocycles. The van der Waals surface area contributed by atoms with Crippen LogP contribution in [0.2, 0.25) is 0 Å². The van der Waals surface area contributed by atoms with E-state index >= 15 is 0 Å². The van der Waals surface area contributed by atoms with E-state index in [9.17, 15) is 4.79 Å². The molecule has 0 radical (unpaired) electrons. The van der Waals surface area contributed by atoms with Gasteiger partial charge < -0.3 is 5.73 Å². The van der Waals surface area contributed by atoms with Crippen molar-refractivity contribution < 1.29 is 4.79 Å². The molecule has 1 amide bonds. The molecule has 68 valence electrons. The number of halogens is 1. The number of hydrogen-bond acceptors (Lipinski definition) is 3. The number of primary amides is 1. The molecule has 5 heteroatoms. The highest BCUT2D eigenvalue weighted by molar-refractivity contribution is 7.16. The SMILES string of the molecule is Cl.NC(=O)c1cccc2scnc12. The van der Waals surface area contributed by atoms with Crippen LogP contribution in [0.25, 0.3) is 10.2 Å². The fourth-order valence-corrected chi connectivity index (χ4v) is 1.79. The topological polar surface area (TPSA) is 56.0 Å². The molecule has 0 saturated heterocycles. The smallest absolute Gasteiger partial charge is 0.250 e. The molecule has 0 fully saturated rings. The van der Waals surface area contributed by atoms with Crippen LogP contribution in [0.15, 0.2) is 23.7 Å². The van der Waals surface area contributed by atoms with Crippen LogP contribution in [0.3, 0.4) is 0 Å². The number of nitrogens with two attached hydrogens (primary N) is 1. The normalized spacial score (nSPS) is 9.54. The third-order valence-corrected chi connectivity index (χ3v) is 2.42. The molecule has 0 aliphatic rings. The molecule has 0 aliphatic carbocycles. The standard InChI is InChI=1S/C8H6N2OS.ClH/c9-8(11)5-2-1-3-6-7(5)10-4-12-6;/h1-4H,(H2,9,11);1H. The van der Waals surface area contributed by atoms with Crippen LogP contribution in [-0.4, -0.2) is 10.9 Å². The second-order valence-electron chi connectivity index (χ2n) is 2.37. The molecule has 13 heavy (non-hydrogen) atoms. The molecule has 0 bridgehead atoms. The minimum absolute atomic E-state index is 0. The third kappa shape index (κ3) is 1.64. The first kappa shape index (κ1) is 9.95. The molecular formula is C8H7ClN2OS. The second-order valence-corrected chi connectivity index (χ2v) is 3.26. The van der Waals surface area contributed by atoms with E-state index in [2.05, 4.69) is 4.98 Å². The van der Waals surface area contributed by atoms with Gasteiger partial charge in [0.05, 0.1) is 21.3 Å². The first-order chi connectivity index (χ1) is 5.79. The van der Waals surface area contributed by atoms with Gasteiger partial charge in [-0.05, 0) is 12.1 Å². The minimum atomic E-state index is -0.425. The number of amides is 1. The molecule has 0 atom stereocenters. The average molecular weight is 215 g/mol. The number of rotatable bonds is 1. The highest BCUT2D eigenvalue weighted by Gasteiger charge is 2.06. The van der Waals surface area contributed by atoms with Gasteiger partial charge in [-0.15, -0.1) is 23.7 Å². The third-order valence-electron chi connectivity index (χ3n) is 1.63. The number of nitrogens with zero attached hydrogens (tertiary/aromatic N) is 1. The van der Waals surface area contributed by atoms with E-state index < -0.39 is 5.91 Å². The molecule has 2 N–H and O–H groups in total. The first-order valence-corrected chi connectivity index (χ1v) is 4.29. The van der Waals surface area contributed by atoms with Crippen LogP contribution in [0, 0.1) is 0 Å². The monoisotopic (exact) mass is 214 g/mol. The summed E-state index contributed by atoms with van der Waals surface area (Å²) in [6, 6.07) is 5.41. The van der Waals surface area contributed by atoms with Gasteiger partial charge in [-0.1, -0.05) is 6.07 Å². The molecule has 0 aliphatic heterocycles. The van der Waals surface area contributed by atoms with Crippen molar-refractivity contribution in [2.45, 2.75) is 0 Å². The summed E-state index contributed by atoms with van der Waals surface area (Å²) in [5, 5.41) is 0. The Kier molecular flexibility index (Phi) is 2.85. The van der Waals surface area contributed by atoms with E-state index in [0.717, 1.165) is 4.70 Å². The minimum Gasteiger partial charge on any atom is -0.366 e. The predicted molar refractivity (Wildman–Crippen MR) is 55.4 cm³/mol. The number of carbonyl (C=O) groups excluding carboxylic acids is 1. The summed E-state index contributed by atoms with van der Waals surface area (Å²) in [6.07, 6.45) is 0. The van der Waals surface area contributed by atoms with Crippen LogP contribution >= 0.6 is 23.7 Å². The van der Waals surface area contributed by atoms with Crippen LogP contribution in [0.1, 0.15) is 10.4 Å². The van der Waals surface area contributed by atoms with E-state index in [0.29, 0.717) is 11.1 Å². The first-order valence-electron chi connectivity index (χ1n) is 3.41. The lowest BCUT2D eigenvalue weighted by Gasteiger charge is -1.94. The van der Waals surface area contributed by atoms with Gasteiger partial charge in [0, 0.05) is 0 Å². The largest absolute Gasteiger partial charge is 0.366 e. The van der Waals surface area contributed by atoms with Crippen molar-refractivity contribution in [3.63, 3.8) is 0 Å². The van der Waals surface area contributed by atoms with Crippen molar-refractivity contribution in [1.82, 2.24) is 4.98 Å². The van der Waals surface area contributed by atoms with E-state index in [1.807, 2.05) is 6.07 Å². The Hall–Kier alpha value is -1.13. The van der Waals surface area contributed by atoms with E-state index in [1.54, 1.807) is 17.6 Å². The highest BCUT2D eigenvalue weighted by Crippen LogP contribution is 2.20. The molecule has 1 heterocycles. The van der Waals surface area contributed by atoms with Gasteiger partial charge in [0.25, 0.3) is 5.91 Å². The van der Waals surface area contributed by atoms with Crippen molar-refractivity contribution in [1.29, 1.82) is 0 Å². The number of benzene rings is 1. The zero-order valence-corrected chi connectivity index (χ0v) is 8.19. The fourth-order valence-electron chi connectivity index (χ4n) is 1.09. The lowest BCUT2D eigenvalue weighted by molar-refractivity contribution is 0.100. The summed E-state index contributed by atoms with van der Waals surface area (Å²) in [6.45, 7) is 0. The summed E-state index contributed by atoms with van der Waals surface area (Å²) in [4.78, 5) is 15.0. The molecule has 2 rings (SSSR count). The Morgan fingerprint density at radius 2 is 2.23 bits per heavy atom. The number of aromatic nitrogens is 1. The van der Waals surface area contributed by atoms with Gasteiger partial charge in [-0.25, -0.2) is 4.98 Å². The zero-order valence-electron chi connectivity index (χ0n) is 6.56. The maximum Gasteiger partial charge on any atom is 0.250 e. The Labute approximate surface area is 85.0 Å². The quantitative estimate of drug-likeness (QED) is 0.787. The van der Waals surface area contributed by atoms with Gasteiger partial charge in [0.2, 0.25) is 0 Å². The molecule has 0 saturated carbocycles. The molecule has 0 unspecified atom stereocenters. The number of fused-ring (bicyclic) bond motifs is 1. The number of hydrogen-bond donors (Lipinski definition) is 1. The lowest BCUT2D eigenvalue weighted by atomic mass is 10.2. The number of carbonyl (C=O) groups is 1. The predicted octanol–water partition coefficient (Wildman–Crippen LogP) is 1.82. The summed E-state index contributed by atoms with van der Waals surface area (Å²) < 4.78 is 0.992. The summed E-state index contributed by atoms with van der Waals surface area (Å²) in [7, 11) is 0. The van der Waals surface area contributed by atoms with E-state index in [4.69, 9.17) is 5.73 Å². The van der Waals surface area contributed by atoms with E-state index in [-0.39, 0.29) is 12.4 Å². The van der Waals surface area contributed by atoms with E-state index in [1.165, 1.54) is 11.3 Å². The molecule has 2 aromatic rings. The summed E-state index contributed by atoms with van der Waals surface area (Å²) >= 11 is 1.50. The van der Waals surface area contributed by atoms with Crippen molar-refractivity contribution in [2.75, 3.05) is 0 Å². The second kappa shape index (κ2) is 3.72. The van der Waals surface area contributed by atoms with Crippen LogP contribution in [0.4, 0.5) is 0 Å². The zero-order chi connectivity index (χ0) is 8.55. The van der Waals surface area contributed by atoms with Crippen LogP contribution < -0.4 is 5.73 Å². The Morgan fingerprint density at radius 1 is 1.46 bits per heavy atom. The van der Waals surface area contributed by atoms with Gasteiger partial charge >= 0.3 is 0 Å². The van der Waals surface area contributed by atoms with Crippen LogP contribution in [0.5, 0.6) is 0 Å². The molecule has 0 spiro atoms. The summed E-state index contributed by atoms with van der Waals surface area (Å²) in [5.41, 5.74) is 8.07. The van der Waals surface area contributed by atoms with Crippen LogP contribution in [-0.2, 0) is 0 Å². The Morgan fingerprint density at radius 3 is 2.92 bits per heavy atom. The lowest BCUT2D eigenvalue weighted by Crippen LogP contribution is -2.11. The molecular weight excluding hydrogens is 208 g/mol. The average Bonchev–Trinajstić information content (AvgIpc) is 2.49. The highest BCUT2D eigenvalue weighted by atomic mass is 35.5. The summed E-state index contributed by atoms with van der Waals surface area (Å²) in [5.74, 6) is -0.425. The fraction of sp³-hybridized carbons (Fsp3) is 0. The van der Waals surface area contributed by atoms with Gasteiger partial charge in [-0.2, -0.15) is 0 Å². The van der Waals surface area contributed by atoms with Crippen molar-refractivity contribution in [3.05, 3.63) is 29.3 Å². The van der Waals surface area contributed by atoms with Crippen molar-refractivity contribution >= 4 is 39.9 Å². The van der Waals surface area contributed by atoms with Gasteiger partial charge in [0.15, 0.2) is 0 Å². The Bertz CT molecular complexity index is 440. The Balaban J connectivity index is 0.000000845. The van der Waals surface area contributed by atoms with Crippen molar-refractivity contribution in [2.24, 2.45) is 5.73 Å². The number of para-hydroxylation sites is 1.